The van der Waals surface area contributed by atoms with Crippen LogP contribution in [0, 0.1) is 0 Å². The molecule has 0 amide bonds. The van der Waals surface area contributed by atoms with Crippen LogP contribution >= 0.6 is 7.82 Å². The summed E-state index contributed by atoms with van der Waals surface area (Å²) in [4.78, 5) is 37.5. The van der Waals surface area contributed by atoms with E-state index in [2.05, 4.69) is 74.6 Å². The predicted octanol–water partition coefficient (Wildman–Crippen LogP) is 10.9. The van der Waals surface area contributed by atoms with Gasteiger partial charge in [0, 0.05) is 12.8 Å². The number of carbonyl (C=O) groups excluding carboxylic acids is 2. The topological polar surface area (TPSA) is 131 Å². The van der Waals surface area contributed by atoms with Gasteiger partial charge in [-0.3, -0.25) is 14.2 Å². The number of esters is 2. The van der Waals surface area contributed by atoms with E-state index in [9.17, 15) is 24.2 Å². The number of phosphoric ester groups is 1. The summed E-state index contributed by atoms with van der Waals surface area (Å²) in [5, 5.41) is 10.3. The van der Waals surface area contributed by atoms with Gasteiger partial charge in [0.15, 0.2) is 6.10 Å². The Morgan fingerprint density at radius 3 is 1.64 bits per heavy atom. The number of unbranched alkanes of at least 4 members (excludes halogenated alkanes) is 7. The summed E-state index contributed by atoms with van der Waals surface area (Å²) in [6, 6.07) is 0. The summed E-state index contributed by atoms with van der Waals surface area (Å²) in [6.45, 7) is 3.85. The number of ether oxygens (including phenoxy) is 2. The Labute approximate surface area is 358 Å². The lowest BCUT2D eigenvalue weighted by atomic mass is 10.1. The first-order chi connectivity index (χ1) is 28.4. The van der Waals surface area contributed by atoms with Crippen LogP contribution in [0.2, 0.25) is 0 Å². The molecule has 336 valence electrons. The number of phosphoric acid groups is 1. The molecule has 10 nitrogen and oxygen atoms in total. The molecule has 11 heteroatoms. The number of hydrogen-bond acceptors (Lipinski definition) is 9. The highest BCUT2D eigenvalue weighted by Crippen LogP contribution is 2.38. The lowest BCUT2D eigenvalue weighted by Crippen LogP contribution is -2.37. The van der Waals surface area contributed by atoms with Crippen LogP contribution in [0.1, 0.15) is 136 Å². The molecule has 1 N–H and O–H groups in total. The Morgan fingerprint density at radius 2 is 1.12 bits per heavy atom. The first-order valence-corrected chi connectivity index (χ1v) is 23.5. The minimum Gasteiger partial charge on any atom is -0.756 e. The van der Waals surface area contributed by atoms with E-state index in [0.29, 0.717) is 36.7 Å². The van der Waals surface area contributed by atoms with Gasteiger partial charge in [-0.05, 0) is 83.5 Å². The third-order valence-corrected chi connectivity index (χ3v) is 9.64. The Hall–Kier alpha value is -3.11. The molecular weight excluding hydrogens is 765 g/mol. The SMILES string of the molecule is CCCCC/C=C\C/C=C\C/C=C\C=C\[C@@H](O)CCCC(=O)OC[C@H](COP(=O)([O-])OCC[N+](C)(C)C)OC(=O)CCC/C=C\C/C=C\C/C=C\C/C=C\CCCCC. The van der Waals surface area contributed by atoms with Crippen LogP contribution < -0.4 is 4.89 Å². The fraction of sp³-hybridized carbons (Fsp3) is 0.625. The molecule has 0 radical (unpaired) electrons. The van der Waals surface area contributed by atoms with Gasteiger partial charge < -0.3 is 33.0 Å². The standard InChI is InChI=1S/C48H80NO9P/c1-6-8-10-12-14-16-18-20-21-22-23-25-27-29-31-33-35-39-48(52)58-46(44-57-59(53,54)56-42-41-49(3,4)5)43-55-47(51)40-36-38-45(50)37-34-32-30-28-26-24-19-17-15-13-11-9-7-2/h14-17,20-21,23-26,29-32,34,37,45-46,50H,6-13,18-19,22,27-28,33,35-36,38-44H2,1-5H3/b16-14-,17-15-,21-20-,25-23-,26-24-,31-29-,32-30-,37-34+/t45-,46-/m1/s1. The number of aliphatic hydroxyl groups excluding tert-OH is 1. The van der Waals surface area contributed by atoms with Crippen molar-refractivity contribution in [3.8, 4) is 0 Å². The number of rotatable bonds is 38. The van der Waals surface area contributed by atoms with Crippen LogP contribution in [0.5, 0.6) is 0 Å². The zero-order chi connectivity index (χ0) is 43.7. The Morgan fingerprint density at radius 1 is 0.627 bits per heavy atom. The van der Waals surface area contributed by atoms with Crippen LogP contribution in [-0.2, 0) is 32.7 Å². The molecule has 0 aliphatic heterocycles. The molecule has 59 heavy (non-hydrogen) atoms. The summed E-state index contributed by atoms with van der Waals surface area (Å²) in [5.74, 6) is -1.11. The first kappa shape index (κ1) is 55.9. The molecule has 0 aromatic heterocycles. The fourth-order valence-corrected chi connectivity index (χ4v) is 5.89. The van der Waals surface area contributed by atoms with Gasteiger partial charge in [-0.25, -0.2) is 0 Å². The van der Waals surface area contributed by atoms with Crippen LogP contribution in [0.3, 0.4) is 0 Å². The Bertz CT molecular complexity index is 1340. The largest absolute Gasteiger partial charge is 0.756 e. The summed E-state index contributed by atoms with van der Waals surface area (Å²) in [5.41, 5.74) is 0. The maximum atomic E-state index is 12.7. The highest BCUT2D eigenvalue weighted by atomic mass is 31.2. The van der Waals surface area contributed by atoms with Crippen molar-refractivity contribution in [3.05, 3.63) is 97.2 Å². The molecule has 0 aliphatic rings. The van der Waals surface area contributed by atoms with Gasteiger partial charge in [-0.2, -0.15) is 0 Å². The highest BCUT2D eigenvalue weighted by Gasteiger charge is 2.21. The zero-order valence-electron chi connectivity index (χ0n) is 37.3. The normalized spacial score (nSPS) is 15.0. The molecule has 0 bridgehead atoms. The highest BCUT2D eigenvalue weighted by molar-refractivity contribution is 7.45. The maximum Gasteiger partial charge on any atom is 0.306 e. The average molecular weight is 846 g/mol. The number of likely N-dealkylation sites (N-methyl/N-ethyl adjacent to an activating group) is 1. The molecule has 0 fully saturated rings. The van der Waals surface area contributed by atoms with Crippen molar-refractivity contribution in [3.63, 3.8) is 0 Å². The van der Waals surface area contributed by atoms with Crippen molar-refractivity contribution < 1.29 is 47.2 Å². The van der Waals surface area contributed by atoms with E-state index in [4.69, 9.17) is 18.5 Å². The van der Waals surface area contributed by atoms with Gasteiger partial charge in [-0.1, -0.05) is 137 Å². The maximum absolute atomic E-state index is 12.7. The molecule has 0 saturated carbocycles. The zero-order valence-corrected chi connectivity index (χ0v) is 38.2. The molecule has 0 heterocycles. The smallest absolute Gasteiger partial charge is 0.306 e. The van der Waals surface area contributed by atoms with Crippen molar-refractivity contribution in [2.45, 2.75) is 148 Å². The first-order valence-electron chi connectivity index (χ1n) is 22.1. The van der Waals surface area contributed by atoms with Crippen molar-refractivity contribution in [1.29, 1.82) is 0 Å². The number of carbonyl (C=O) groups is 2. The summed E-state index contributed by atoms with van der Waals surface area (Å²) in [6.07, 6.45) is 47.6. The van der Waals surface area contributed by atoms with Crippen LogP contribution in [0.25, 0.3) is 0 Å². The second kappa shape index (κ2) is 39.1. The summed E-state index contributed by atoms with van der Waals surface area (Å²) >= 11 is 0. The van der Waals surface area contributed by atoms with E-state index < -0.39 is 38.6 Å². The van der Waals surface area contributed by atoms with Gasteiger partial charge in [0.25, 0.3) is 7.82 Å². The summed E-state index contributed by atoms with van der Waals surface area (Å²) in [7, 11) is 1.01. The van der Waals surface area contributed by atoms with E-state index in [0.717, 1.165) is 44.9 Å². The van der Waals surface area contributed by atoms with Crippen molar-refractivity contribution in [1.82, 2.24) is 0 Å². The van der Waals surface area contributed by atoms with Gasteiger partial charge in [0.2, 0.25) is 0 Å². The molecule has 0 aromatic carbocycles. The van der Waals surface area contributed by atoms with E-state index in [-0.39, 0.29) is 26.1 Å². The van der Waals surface area contributed by atoms with Gasteiger partial charge in [0.05, 0.1) is 33.9 Å². The number of hydrogen-bond donors (Lipinski definition) is 1. The number of quaternary nitrogens is 1. The number of allylic oxidation sites excluding steroid dienone is 15. The molecule has 0 rings (SSSR count). The fourth-order valence-electron chi connectivity index (χ4n) is 5.16. The third kappa shape index (κ3) is 42.8. The lowest BCUT2D eigenvalue weighted by molar-refractivity contribution is -0.870. The number of nitrogens with zero attached hydrogens (tertiary/aromatic N) is 1. The van der Waals surface area contributed by atoms with E-state index in [1.807, 2.05) is 45.4 Å². The van der Waals surface area contributed by atoms with E-state index >= 15 is 0 Å². The lowest BCUT2D eigenvalue weighted by Gasteiger charge is -2.28. The van der Waals surface area contributed by atoms with E-state index in [1.54, 1.807) is 12.2 Å². The van der Waals surface area contributed by atoms with Crippen molar-refractivity contribution in [2.75, 3.05) is 47.5 Å². The second-order valence-electron chi connectivity index (χ2n) is 15.5. The van der Waals surface area contributed by atoms with Gasteiger partial charge >= 0.3 is 11.9 Å². The van der Waals surface area contributed by atoms with Crippen LogP contribution in [0.4, 0.5) is 0 Å². The predicted molar refractivity (Wildman–Crippen MR) is 241 cm³/mol. The van der Waals surface area contributed by atoms with Crippen LogP contribution in [-0.4, -0.2) is 81.2 Å². The Balaban J connectivity index is 4.67. The summed E-state index contributed by atoms with van der Waals surface area (Å²) < 4.78 is 33.6. The Kier molecular flexibility index (Phi) is 37.0. The molecule has 0 aromatic rings. The minimum absolute atomic E-state index is 0.0311. The van der Waals surface area contributed by atoms with Crippen molar-refractivity contribution >= 4 is 19.8 Å². The molecule has 0 spiro atoms. The average Bonchev–Trinajstić information content (AvgIpc) is 3.18. The molecule has 0 saturated heterocycles. The van der Waals surface area contributed by atoms with Crippen molar-refractivity contribution in [2.24, 2.45) is 0 Å². The minimum atomic E-state index is -4.69. The monoisotopic (exact) mass is 846 g/mol. The van der Waals surface area contributed by atoms with E-state index in [1.165, 1.54) is 38.5 Å². The van der Waals surface area contributed by atoms with Crippen LogP contribution in [0.15, 0.2) is 97.2 Å². The molecule has 3 atom stereocenters. The van der Waals surface area contributed by atoms with Gasteiger partial charge in [0.1, 0.15) is 19.8 Å². The van der Waals surface area contributed by atoms with Gasteiger partial charge in [-0.15, -0.1) is 0 Å². The third-order valence-electron chi connectivity index (χ3n) is 8.68. The molecule has 1 unspecified atom stereocenters. The molecular formula is C48H80NO9P. The quantitative estimate of drug-likeness (QED) is 0.0161. The number of aliphatic hydroxyl groups is 1. The second-order valence-corrected chi connectivity index (χ2v) is 17.0. The molecule has 0 aliphatic carbocycles.